The molecule has 0 spiro atoms. The summed E-state index contributed by atoms with van der Waals surface area (Å²) in [6.45, 7) is 2.05. The van der Waals surface area contributed by atoms with Gasteiger partial charge in [-0.3, -0.25) is 4.79 Å². The second-order valence-corrected chi connectivity index (χ2v) is 5.11. The van der Waals surface area contributed by atoms with Crippen LogP contribution >= 0.6 is 23.4 Å². The Kier molecular flexibility index (Phi) is 5.65. The zero-order chi connectivity index (χ0) is 12.8. The van der Waals surface area contributed by atoms with E-state index in [1.165, 1.54) is 0 Å². The van der Waals surface area contributed by atoms with Crippen LogP contribution in [0.3, 0.4) is 0 Å². The van der Waals surface area contributed by atoms with Crippen LogP contribution < -0.4 is 11.1 Å². The van der Waals surface area contributed by atoms with Crippen LogP contribution in [0.15, 0.2) is 18.2 Å². The average molecular weight is 273 g/mol. The molecule has 0 saturated heterocycles. The molecule has 0 radical (unpaired) electrons. The maximum Gasteiger partial charge on any atom is 0.253 e. The van der Waals surface area contributed by atoms with Gasteiger partial charge in [0, 0.05) is 22.5 Å². The Morgan fingerprint density at radius 1 is 1.59 bits per heavy atom. The van der Waals surface area contributed by atoms with E-state index in [-0.39, 0.29) is 11.9 Å². The molecule has 3 N–H and O–H groups in total. The molecule has 0 aliphatic carbocycles. The number of rotatable bonds is 5. The lowest BCUT2D eigenvalue weighted by Crippen LogP contribution is -2.36. The third kappa shape index (κ3) is 4.13. The second-order valence-electron chi connectivity index (χ2n) is 3.77. The molecular weight excluding hydrogens is 256 g/mol. The Morgan fingerprint density at radius 3 is 2.82 bits per heavy atom. The normalized spacial score (nSPS) is 12.2. The first-order valence-corrected chi connectivity index (χ1v) is 7.20. The van der Waals surface area contributed by atoms with Crippen molar-refractivity contribution in [3.05, 3.63) is 28.8 Å². The number of benzene rings is 1. The molecule has 0 saturated carbocycles. The van der Waals surface area contributed by atoms with Gasteiger partial charge in [-0.2, -0.15) is 11.8 Å². The molecule has 0 heterocycles. The van der Waals surface area contributed by atoms with Crippen molar-refractivity contribution in [2.24, 2.45) is 0 Å². The second kappa shape index (κ2) is 6.77. The van der Waals surface area contributed by atoms with E-state index < -0.39 is 0 Å². The van der Waals surface area contributed by atoms with Crippen molar-refractivity contribution in [2.45, 2.75) is 19.4 Å². The summed E-state index contributed by atoms with van der Waals surface area (Å²) in [6, 6.07) is 5.08. The third-order valence-electron chi connectivity index (χ3n) is 2.45. The Morgan fingerprint density at radius 2 is 2.29 bits per heavy atom. The molecule has 0 bridgehead atoms. The quantitative estimate of drug-likeness (QED) is 0.811. The molecule has 3 nitrogen and oxygen atoms in total. The lowest BCUT2D eigenvalue weighted by Gasteiger charge is -2.16. The fourth-order valence-electron chi connectivity index (χ4n) is 1.47. The minimum Gasteiger partial charge on any atom is -0.398 e. The van der Waals surface area contributed by atoms with Crippen molar-refractivity contribution < 1.29 is 4.79 Å². The lowest BCUT2D eigenvalue weighted by atomic mass is 10.1. The van der Waals surface area contributed by atoms with Gasteiger partial charge < -0.3 is 11.1 Å². The summed E-state index contributed by atoms with van der Waals surface area (Å²) < 4.78 is 0. The van der Waals surface area contributed by atoms with E-state index in [2.05, 4.69) is 5.32 Å². The summed E-state index contributed by atoms with van der Waals surface area (Å²) in [7, 11) is 0. The monoisotopic (exact) mass is 272 g/mol. The van der Waals surface area contributed by atoms with Crippen molar-refractivity contribution in [2.75, 3.05) is 17.7 Å². The van der Waals surface area contributed by atoms with Crippen LogP contribution in [0.5, 0.6) is 0 Å². The summed E-state index contributed by atoms with van der Waals surface area (Å²) in [5, 5.41) is 3.50. The lowest BCUT2D eigenvalue weighted by molar-refractivity contribution is 0.0941. The molecule has 1 aromatic carbocycles. The number of amides is 1. The van der Waals surface area contributed by atoms with Crippen LogP contribution in [0.25, 0.3) is 0 Å². The fourth-order valence-corrected chi connectivity index (χ4v) is 2.37. The zero-order valence-corrected chi connectivity index (χ0v) is 11.6. The smallest absolute Gasteiger partial charge is 0.253 e. The van der Waals surface area contributed by atoms with Crippen molar-refractivity contribution in [3.63, 3.8) is 0 Å². The Labute approximate surface area is 111 Å². The number of thioether (sulfide) groups is 1. The van der Waals surface area contributed by atoms with E-state index in [1.54, 1.807) is 30.0 Å². The largest absolute Gasteiger partial charge is 0.398 e. The summed E-state index contributed by atoms with van der Waals surface area (Å²) in [5.74, 6) is 0.760. The first-order chi connectivity index (χ1) is 8.08. The molecule has 0 fully saturated rings. The molecule has 5 heteroatoms. The minimum atomic E-state index is -0.139. The molecule has 17 heavy (non-hydrogen) atoms. The highest BCUT2D eigenvalue weighted by molar-refractivity contribution is 7.98. The standard InChI is InChI=1S/C12H17ClN2OS/c1-3-9(7-17-2)15-12(16)10-5-4-8(13)6-11(10)14/h4-6,9H,3,7,14H2,1-2H3,(H,15,16). The number of nitrogens with one attached hydrogen (secondary N) is 1. The molecule has 94 valence electrons. The highest BCUT2D eigenvalue weighted by atomic mass is 35.5. The van der Waals surface area contributed by atoms with Gasteiger partial charge in [-0.25, -0.2) is 0 Å². The molecule has 1 aromatic rings. The van der Waals surface area contributed by atoms with Gasteiger partial charge in [0.1, 0.15) is 0 Å². The van der Waals surface area contributed by atoms with Crippen molar-refractivity contribution in [3.8, 4) is 0 Å². The summed E-state index contributed by atoms with van der Waals surface area (Å²) >= 11 is 7.50. The van der Waals surface area contributed by atoms with Gasteiger partial charge in [0.2, 0.25) is 0 Å². The minimum absolute atomic E-state index is 0.139. The number of halogens is 1. The molecule has 1 unspecified atom stereocenters. The van der Waals surface area contributed by atoms with Crippen LogP contribution in [0, 0.1) is 0 Å². The third-order valence-corrected chi connectivity index (χ3v) is 3.42. The van der Waals surface area contributed by atoms with E-state index in [0.717, 1.165) is 12.2 Å². The molecule has 1 atom stereocenters. The number of nitrogen functional groups attached to an aromatic ring is 1. The molecule has 0 aromatic heterocycles. The van der Waals surface area contributed by atoms with E-state index in [0.29, 0.717) is 16.3 Å². The van der Waals surface area contributed by atoms with E-state index >= 15 is 0 Å². The van der Waals surface area contributed by atoms with Crippen molar-refractivity contribution in [1.29, 1.82) is 0 Å². The summed E-state index contributed by atoms with van der Waals surface area (Å²) in [5.41, 5.74) is 6.65. The number of hydrogen-bond donors (Lipinski definition) is 2. The van der Waals surface area contributed by atoms with Gasteiger partial charge in [-0.05, 0) is 30.9 Å². The zero-order valence-electron chi connectivity index (χ0n) is 10.00. The summed E-state index contributed by atoms with van der Waals surface area (Å²) in [4.78, 5) is 12.0. The van der Waals surface area contributed by atoms with Gasteiger partial charge in [0.25, 0.3) is 5.91 Å². The first kappa shape index (κ1) is 14.2. The van der Waals surface area contributed by atoms with Crippen LogP contribution in [0.4, 0.5) is 5.69 Å². The predicted molar refractivity (Wildman–Crippen MR) is 75.8 cm³/mol. The van der Waals surface area contributed by atoms with Gasteiger partial charge in [-0.15, -0.1) is 0 Å². The molecule has 1 rings (SSSR count). The maximum absolute atomic E-state index is 12.0. The van der Waals surface area contributed by atoms with Crippen molar-refractivity contribution >= 4 is 35.0 Å². The van der Waals surface area contributed by atoms with Gasteiger partial charge in [0.05, 0.1) is 5.56 Å². The fraction of sp³-hybridized carbons (Fsp3) is 0.417. The van der Waals surface area contributed by atoms with Crippen LogP contribution in [-0.2, 0) is 0 Å². The number of carbonyl (C=O) groups excluding carboxylic acids is 1. The number of hydrogen-bond acceptors (Lipinski definition) is 3. The van der Waals surface area contributed by atoms with E-state index in [4.69, 9.17) is 17.3 Å². The summed E-state index contributed by atoms with van der Waals surface area (Å²) in [6.07, 6.45) is 2.92. The van der Waals surface area contributed by atoms with Crippen LogP contribution in [-0.4, -0.2) is 24.0 Å². The van der Waals surface area contributed by atoms with E-state index in [9.17, 15) is 4.79 Å². The topological polar surface area (TPSA) is 55.1 Å². The number of carbonyl (C=O) groups is 1. The average Bonchev–Trinajstić information content (AvgIpc) is 2.28. The molecule has 1 amide bonds. The SMILES string of the molecule is CCC(CSC)NC(=O)c1ccc(Cl)cc1N. The number of anilines is 1. The van der Waals surface area contributed by atoms with Gasteiger partial charge in [0.15, 0.2) is 0 Å². The highest BCUT2D eigenvalue weighted by Gasteiger charge is 2.14. The Balaban J connectivity index is 2.75. The Hall–Kier alpha value is -0.870. The van der Waals surface area contributed by atoms with Gasteiger partial charge in [-0.1, -0.05) is 18.5 Å². The highest BCUT2D eigenvalue weighted by Crippen LogP contribution is 2.18. The Bertz CT molecular complexity index is 398. The van der Waals surface area contributed by atoms with Gasteiger partial charge >= 0.3 is 0 Å². The molecule has 0 aliphatic heterocycles. The maximum atomic E-state index is 12.0. The number of nitrogens with two attached hydrogens (primary N) is 1. The predicted octanol–water partition coefficient (Wildman–Crippen LogP) is 2.79. The van der Waals surface area contributed by atoms with Crippen molar-refractivity contribution in [1.82, 2.24) is 5.32 Å². The van der Waals surface area contributed by atoms with Crippen LogP contribution in [0.1, 0.15) is 23.7 Å². The van der Waals surface area contributed by atoms with Crippen LogP contribution in [0.2, 0.25) is 5.02 Å². The molecular formula is C12H17ClN2OS. The van der Waals surface area contributed by atoms with E-state index in [1.807, 2.05) is 13.2 Å². The first-order valence-electron chi connectivity index (χ1n) is 5.43. The molecule has 0 aliphatic rings.